The lowest BCUT2D eigenvalue weighted by molar-refractivity contribution is -0.148. The molecule has 1 N–H and O–H groups in total. The molecule has 0 saturated carbocycles. The maximum atomic E-state index is 13.2. The highest BCUT2D eigenvalue weighted by molar-refractivity contribution is 9.10. The Bertz CT molecular complexity index is 581. The van der Waals surface area contributed by atoms with E-state index in [1.165, 1.54) is 24.1 Å². The molecule has 0 aromatic heterocycles. The first-order valence-corrected chi connectivity index (χ1v) is 7.70. The first kappa shape index (κ1) is 16.9. The molecular weight excluding hydrogens is 357 g/mol. The molecule has 1 heterocycles. The quantitative estimate of drug-likeness (QED) is 0.859. The second-order valence-corrected chi connectivity index (χ2v) is 6.08. The van der Waals surface area contributed by atoms with E-state index in [4.69, 9.17) is 4.74 Å². The number of halogens is 2. The van der Waals surface area contributed by atoms with E-state index in [1.54, 1.807) is 6.07 Å². The molecule has 2 rings (SSSR count). The van der Waals surface area contributed by atoms with Gasteiger partial charge in [-0.25, -0.2) is 9.18 Å². The lowest BCUT2D eigenvalue weighted by Gasteiger charge is -2.21. The Labute approximate surface area is 136 Å². The summed E-state index contributed by atoms with van der Waals surface area (Å²) in [5.74, 6) is -1.65. The molecule has 2 unspecified atom stereocenters. The van der Waals surface area contributed by atoms with Gasteiger partial charge in [0.15, 0.2) is 0 Å². The number of ether oxygens (including phenoxy) is 1. The third-order valence-electron chi connectivity index (χ3n) is 3.82. The number of likely N-dealkylation sites (tertiary alicyclic amines) is 1. The summed E-state index contributed by atoms with van der Waals surface area (Å²) in [5.41, 5.74) is 0.683. The summed E-state index contributed by atoms with van der Waals surface area (Å²) in [6.45, 7) is 0.274. The summed E-state index contributed by atoms with van der Waals surface area (Å²) in [6.07, 6.45) is 0.507. The zero-order valence-electron chi connectivity index (χ0n) is 12.1. The van der Waals surface area contributed by atoms with Crippen LogP contribution in [0.25, 0.3) is 0 Å². The number of amides is 1. The van der Waals surface area contributed by atoms with Gasteiger partial charge in [-0.1, -0.05) is 15.9 Å². The summed E-state index contributed by atoms with van der Waals surface area (Å²) < 4.78 is 19.1. The first-order chi connectivity index (χ1) is 10.4. The summed E-state index contributed by atoms with van der Waals surface area (Å²) in [5, 5.41) is 9.21. The van der Waals surface area contributed by atoms with Crippen LogP contribution < -0.4 is 0 Å². The number of carbonyl (C=O) groups excluding carboxylic acids is 1. The molecular formula is C15H17BrFNO4. The van der Waals surface area contributed by atoms with Crippen LogP contribution in [0.15, 0.2) is 22.7 Å². The molecule has 1 aliphatic heterocycles. The summed E-state index contributed by atoms with van der Waals surface area (Å²) in [7, 11) is 1.50. The van der Waals surface area contributed by atoms with Crippen molar-refractivity contribution in [2.75, 3.05) is 13.7 Å². The molecule has 1 amide bonds. The molecule has 1 aromatic rings. The van der Waals surface area contributed by atoms with E-state index in [1.807, 2.05) is 0 Å². The number of carbonyl (C=O) groups is 2. The molecule has 1 aromatic carbocycles. The number of methoxy groups -OCH3 is 1. The maximum Gasteiger partial charge on any atom is 0.326 e. The molecule has 120 valence electrons. The first-order valence-electron chi connectivity index (χ1n) is 6.91. The Morgan fingerprint density at radius 2 is 2.23 bits per heavy atom. The molecule has 0 bridgehead atoms. The van der Waals surface area contributed by atoms with Crippen molar-refractivity contribution in [1.82, 2.24) is 4.90 Å². The topological polar surface area (TPSA) is 66.8 Å². The van der Waals surface area contributed by atoms with E-state index in [2.05, 4.69) is 15.9 Å². The monoisotopic (exact) mass is 373 g/mol. The normalized spacial score (nSPS) is 21.1. The van der Waals surface area contributed by atoms with Gasteiger partial charge in [-0.05, 0) is 30.2 Å². The summed E-state index contributed by atoms with van der Waals surface area (Å²) in [4.78, 5) is 24.9. The van der Waals surface area contributed by atoms with Crippen LogP contribution in [0.5, 0.6) is 0 Å². The highest BCUT2D eigenvalue weighted by Crippen LogP contribution is 2.23. The molecule has 1 aliphatic rings. The highest BCUT2D eigenvalue weighted by Gasteiger charge is 2.39. The highest BCUT2D eigenvalue weighted by atomic mass is 79.9. The zero-order chi connectivity index (χ0) is 16.3. The van der Waals surface area contributed by atoms with Crippen molar-refractivity contribution in [3.8, 4) is 0 Å². The van der Waals surface area contributed by atoms with Crippen molar-refractivity contribution in [2.45, 2.75) is 31.4 Å². The van der Waals surface area contributed by atoms with Crippen molar-refractivity contribution < 1.29 is 23.8 Å². The van der Waals surface area contributed by atoms with Gasteiger partial charge in [0, 0.05) is 31.0 Å². The lowest BCUT2D eigenvalue weighted by Crippen LogP contribution is -2.40. The van der Waals surface area contributed by atoms with Crippen LogP contribution in [0.2, 0.25) is 0 Å². The molecule has 1 fully saturated rings. The molecule has 1 saturated heterocycles. The predicted octanol–water partition coefficient (Wildman–Crippen LogP) is 2.22. The van der Waals surface area contributed by atoms with Gasteiger partial charge in [0.25, 0.3) is 0 Å². The van der Waals surface area contributed by atoms with E-state index in [0.717, 1.165) is 4.47 Å². The van der Waals surface area contributed by atoms with Gasteiger partial charge >= 0.3 is 5.97 Å². The van der Waals surface area contributed by atoms with E-state index >= 15 is 0 Å². The van der Waals surface area contributed by atoms with Crippen LogP contribution in [0.4, 0.5) is 4.39 Å². The fourth-order valence-electron chi connectivity index (χ4n) is 2.60. The van der Waals surface area contributed by atoms with Gasteiger partial charge in [0.1, 0.15) is 11.9 Å². The number of aliphatic carboxylic acids is 1. The number of carboxylic acids is 1. The van der Waals surface area contributed by atoms with Crippen LogP contribution >= 0.6 is 15.9 Å². The van der Waals surface area contributed by atoms with Gasteiger partial charge < -0.3 is 14.7 Å². The minimum absolute atomic E-state index is 0.127. The van der Waals surface area contributed by atoms with Crippen LogP contribution in [0.3, 0.4) is 0 Å². The largest absolute Gasteiger partial charge is 0.480 e. The van der Waals surface area contributed by atoms with Gasteiger partial charge in [0.05, 0.1) is 6.10 Å². The Morgan fingerprint density at radius 1 is 1.50 bits per heavy atom. The number of aryl methyl sites for hydroxylation is 1. The standard InChI is InChI=1S/C15H17BrFNO4/c1-22-11-7-13(15(20)21)18(8-11)14(19)5-2-9-6-10(17)3-4-12(9)16/h3-4,6,11,13H,2,5,7-8H2,1H3,(H,20,21). The third kappa shape index (κ3) is 3.84. The van der Waals surface area contributed by atoms with E-state index in [9.17, 15) is 19.1 Å². The van der Waals surface area contributed by atoms with E-state index in [-0.39, 0.29) is 30.8 Å². The number of hydrogen-bond acceptors (Lipinski definition) is 3. The molecule has 0 radical (unpaired) electrons. The third-order valence-corrected chi connectivity index (χ3v) is 4.59. The van der Waals surface area contributed by atoms with Crippen molar-refractivity contribution >= 4 is 27.8 Å². The molecule has 0 aliphatic carbocycles. The fourth-order valence-corrected chi connectivity index (χ4v) is 3.04. The lowest BCUT2D eigenvalue weighted by atomic mass is 10.1. The van der Waals surface area contributed by atoms with Crippen LogP contribution in [-0.2, 0) is 20.7 Å². The fraction of sp³-hybridized carbons (Fsp3) is 0.467. The smallest absolute Gasteiger partial charge is 0.326 e. The van der Waals surface area contributed by atoms with Crippen molar-refractivity contribution in [3.05, 3.63) is 34.1 Å². The SMILES string of the molecule is COC1CC(C(=O)O)N(C(=O)CCc2cc(F)ccc2Br)C1. The van der Waals surface area contributed by atoms with Crippen molar-refractivity contribution in [3.63, 3.8) is 0 Å². The Balaban J connectivity index is 2.02. The van der Waals surface area contributed by atoms with Gasteiger partial charge in [-0.2, -0.15) is 0 Å². The minimum Gasteiger partial charge on any atom is -0.480 e. The van der Waals surface area contributed by atoms with Gasteiger partial charge in [0.2, 0.25) is 5.91 Å². The average Bonchev–Trinajstić information content (AvgIpc) is 2.92. The molecule has 5 nitrogen and oxygen atoms in total. The number of nitrogens with zero attached hydrogens (tertiary/aromatic N) is 1. The number of rotatable bonds is 5. The molecule has 0 spiro atoms. The Kier molecular flexibility index (Phi) is 5.52. The van der Waals surface area contributed by atoms with Crippen LogP contribution in [-0.4, -0.2) is 47.7 Å². The van der Waals surface area contributed by atoms with E-state index in [0.29, 0.717) is 18.4 Å². The summed E-state index contributed by atoms with van der Waals surface area (Å²) in [6, 6.07) is 3.44. The van der Waals surface area contributed by atoms with Crippen LogP contribution in [0.1, 0.15) is 18.4 Å². The molecule has 22 heavy (non-hydrogen) atoms. The Hall–Kier alpha value is -1.47. The van der Waals surface area contributed by atoms with Gasteiger partial charge in [-0.3, -0.25) is 4.79 Å². The van der Waals surface area contributed by atoms with Crippen LogP contribution in [0, 0.1) is 5.82 Å². The van der Waals surface area contributed by atoms with E-state index < -0.39 is 12.0 Å². The zero-order valence-corrected chi connectivity index (χ0v) is 13.7. The molecule has 7 heteroatoms. The predicted molar refractivity (Wildman–Crippen MR) is 81.0 cm³/mol. The van der Waals surface area contributed by atoms with Gasteiger partial charge in [-0.15, -0.1) is 0 Å². The second kappa shape index (κ2) is 7.19. The number of hydrogen-bond donors (Lipinski definition) is 1. The number of benzene rings is 1. The van der Waals surface area contributed by atoms with Crippen molar-refractivity contribution in [1.29, 1.82) is 0 Å². The number of carboxylic acid groups (broad SMARTS) is 1. The second-order valence-electron chi connectivity index (χ2n) is 5.23. The maximum absolute atomic E-state index is 13.2. The summed E-state index contributed by atoms with van der Waals surface area (Å²) >= 11 is 3.31. The average molecular weight is 374 g/mol. The molecule has 2 atom stereocenters. The Morgan fingerprint density at radius 3 is 2.86 bits per heavy atom. The minimum atomic E-state index is -1.03. The van der Waals surface area contributed by atoms with Crippen molar-refractivity contribution in [2.24, 2.45) is 0 Å².